The molecule has 0 bridgehead atoms. The Bertz CT molecular complexity index is 1050. The lowest BCUT2D eigenvalue weighted by Crippen LogP contribution is -2.47. The summed E-state index contributed by atoms with van der Waals surface area (Å²) in [6.07, 6.45) is 2.08. The highest BCUT2D eigenvalue weighted by molar-refractivity contribution is 5.94. The SMILES string of the molecule is COc1cccc(C(=O)NC2CCCN(Cc3ccc(-c4cccc(OC)c4)cc3)C2)c1. The van der Waals surface area contributed by atoms with Crippen molar-refractivity contribution in [1.82, 2.24) is 10.2 Å². The monoisotopic (exact) mass is 430 g/mol. The van der Waals surface area contributed by atoms with Crippen molar-refractivity contribution in [3.05, 3.63) is 83.9 Å². The second-order valence-electron chi connectivity index (χ2n) is 8.21. The fraction of sp³-hybridized carbons (Fsp3) is 0.296. The first-order chi connectivity index (χ1) is 15.6. The van der Waals surface area contributed by atoms with E-state index in [0.29, 0.717) is 11.3 Å². The Labute approximate surface area is 190 Å². The number of methoxy groups -OCH3 is 2. The van der Waals surface area contributed by atoms with E-state index in [2.05, 4.69) is 46.6 Å². The minimum absolute atomic E-state index is 0.0432. The molecule has 3 aromatic rings. The molecule has 0 saturated carbocycles. The highest BCUT2D eigenvalue weighted by Crippen LogP contribution is 2.25. The Balaban J connectivity index is 1.35. The van der Waals surface area contributed by atoms with E-state index in [4.69, 9.17) is 9.47 Å². The van der Waals surface area contributed by atoms with Crippen LogP contribution < -0.4 is 14.8 Å². The summed E-state index contributed by atoms with van der Waals surface area (Å²) in [6.45, 7) is 2.78. The number of likely N-dealkylation sites (tertiary alicyclic amines) is 1. The number of benzene rings is 3. The van der Waals surface area contributed by atoms with Gasteiger partial charge in [0.1, 0.15) is 11.5 Å². The van der Waals surface area contributed by atoms with Crippen LogP contribution >= 0.6 is 0 Å². The van der Waals surface area contributed by atoms with Gasteiger partial charge in [-0.15, -0.1) is 0 Å². The first-order valence-electron chi connectivity index (χ1n) is 11.1. The number of hydrogen-bond donors (Lipinski definition) is 1. The third-order valence-electron chi connectivity index (χ3n) is 5.94. The van der Waals surface area contributed by atoms with Crippen molar-refractivity contribution < 1.29 is 14.3 Å². The first kappa shape index (κ1) is 21.9. The molecule has 1 unspecified atom stereocenters. The van der Waals surface area contributed by atoms with Crippen LogP contribution in [0.4, 0.5) is 0 Å². The number of carbonyl (C=O) groups is 1. The average Bonchev–Trinajstić information content (AvgIpc) is 2.85. The van der Waals surface area contributed by atoms with Gasteiger partial charge in [0, 0.05) is 24.7 Å². The molecule has 0 radical (unpaired) electrons. The van der Waals surface area contributed by atoms with Crippen LogP contribution in [0.5, 0.6) is 11.5 Å². The number of nitrogens with one attached hydrogen (secondary N) is 1. The van der Waals surface area contributed by atoms with Crippen molar-refractivity contribution in [3.63, 3.8) is 0 Å². The molecule has 1 aliphatic heterocycles. The summed E-state index contributed by atoms with van der Waals surface area (Å²) in [7, 11) is 3.30. The van der Waals surface area contributed by atoms with Gasteiger partial charge in [0.25, 0.3) is 5.91 Å². The molecule has 3 aromatic carbocycles. The summed E-state index contributed by atoms with van der Waals surface area (Å²) in [5, 5.41) is 3.20. The Kier molecular flexibility index (Phi) is 7.07. The van der Waals surface area contributed by atoms with E-state index in [0.717, 1.165) is 43.8 Å². The molecular weight excluding hydrogens is 400 g/mol. The second kappa shape index (κ2) is 10.3. The van der Waals surface area contributed by atoms with Crippen molar-refractivity contribution in [2.24, 2.45) is 0 Å². The summed E-state index contributed by atoms with van der Waals surface area (Å²) in [6, 6.07) is 24.3. The third-order valence-corrected chi connectivity index (χ3v) is 5.94. The fourth-order valence-electron chi connectivity index (χ4n) is 4.21. The molecule has 1 saturated heterocycles. The zero-order valence-corrected chi connectivity index (χ0v) is 18.7. The molecule has 1 atom stereocenters. The molecule has 4 rings (SSSR count). The molecule has 166 valence electrons. The first-order valence-corrected chi connectivity index (χ1v) is 11.1. The number of nitrogens with zero attached hydrogens (tertiary/aromatic N) is 1. The Morgan fingerprint density at radius 1 is 0.938 bits per heavy atom. The van der Waals surface area contributed by atoms with Gasteiger partial charge in [-0.3, -0.25) is 9.69 Å². The molecule has 0 aromatic heterocycles. The highest BCUT2D eigenvalue weighted by atomic mass is 16.5. The van der Waals surface area contributed by atoms with E-state index < -0.39 is 0 Å². The standard InChI is InChI=1S/C27H30N2O3/c1-31-25-9-3-6-22(16-25)21-13-11-20(12-14-21)18-29-15-5-8-24(19-29)28-27(30)23-7-4-10-26(17-23)32-2/h3-4,6-7,9-14,16-17,24H,5,8,15,18-19H2,1-2H3,(H,28,30). The number of amides is 1. The maximum atomic E-state index is 12.7. The Morgan fingerprint density at radius 2 is 1.66 bits per heavy atom. The maximum Gasteiger partial charge on any atom is 0.251 e. The highest BCUT2D eigenvalue weighted by Gasteiger charge is 2.22. The predicted octanol–water partition coefficient (Wildman–Crippen LogP) is 4.77. The van der Waals surface area contributed by atoms with Gasteiger partial charge in [-0.1, -0.05) is 42.5 Å². The second-order valence-corrected chi connectivity index (χ2v) is 8.21. The van der Waals surface area contributed by atoms with Crippen LogP contribution in [0.2, 0.25) is 0 Å². The molecular formula is C27H30N2O3. The van der Waals surface area contributed by atoms with Gasteiger partial charge in [0.15, 0.2) is 0 Å². The molecule has 5 heteroatoms. The largest absolute Gasteiger partial charge is 0.497 e. The smallest absolute Gasteiger partial charge is 0.251 e. The van der Waals surface area contributed by atoms with Crippen LogP contribution in [-0.4, -0.2) is 44.2 Å². The number of hydrogen-bond acceptors (Lipinski definition) is 4. The average molecular weight is 431 g/mol. The zero-order chi connectivity index (χ0) is 22.3. The quantitative estimate of drug-likeness (QED) is 0.587. The van der Waals surface area contributed by atoms with E-state index in [1.165, 1.54) is 11.1 Å². The molecule has 32 heavy (non-hydrogen) atoms. The van der Waals surface area contributed by atoms with Crippen molar-refractivity contribution in [3.8, 4) is 22.6 Å². The summed E-state index contributed by atoms with van der Waals surface area (Å²) in [5.74, 6) is 1.51. The lowest BCUT2D eigenvalue weighted by molar-refractivity contribution is 0.0900. The normalized spacial score (nSPS) is 16.4. The van der Waals surface area contributed by atoms with Crippen LogP contribution in [0, 0.1) is 0 Å². The molecule has 0 aliphatic carbocycles. The minimum Gasteiger partial charge on any atom is -0.497 e. The van der Waals surface area contributed by atoms with Crippen molar-refractivity contribution in [1.29, 1.82) is 0 Å². The summed E-state index contributed by atoms with van der Waals surface area (Å²) >= 11 is 0. The molecule has 5 nitrogen and oxygen atoms in total. The number of carbonyl (C=O) groups excluding carboxylic acids is 1. The minimum atomic E-state index is -0.0432. The van der Waals surface area contributed by atoms with E-state index in [1.54, 1.807) is 20.3 Å². The van der Waals surface area contributed by atoms with E-state index in [-0.39, 0.29) is 11.9 Å². The topological polar surface area (TPSA) is 50.8 Å². The van der Waals surface area contributed by atoms with Gasteiger partial charge in [-0.2, -0.15) is 0 Å². The van der Waals surface area contributed by atoms with Gasteiger partial charge in [0.05, 0.1) is 14.2 Å². The van der Waals surface area contributed by atoms with Gasteiger partial charge >= 0.3 is 0 Å². The van der Waals surface area contributed by atoms with Crippen LogP contribution in [-0.2, 0) is 6.54 Å². The van der Waals surface area contributed by atoms with Gasteiger partial charge in [0.2, 0.25) is 0 Å². The van der Waals surface area contributed by atoms with Crippen LogP contribution in [0.25, 0.3) is 11.1 Å². The van der Waals surface area contributed by atoms with Crippen molar-refractivity contribution in [2.75, 3.05) is 27.3 Å². The molecule has 1 aliphatic rings. The van der Waals surface area contributed by atoms with Crippen LogP contribution in [0.3, 0.4) is 0 Å². The molecule has 1 amide bonds. The van der Waals surface area contributed by atoms with Gasteiger partial charge < -0.3 is 14.8 Å². The lowest BCUT2D eigenvalue weighted by atomic mass is 10.0. The Hall–Kier alpha value is -3.31. The summed E-state index contributed by atoms with van der Waals surface area (Å²) in [5.41, 5.74) is 4.23. The van der Waals surface area contributed by atoms with Crippen molar-refractivity contribution in [2.45, 2.75) is 25.4 Å². The van der Waals surface area contributed by atoms with E-state index >= 15 is 0 Å². The van der Waals surface area contributed by atoms with Crippen LogP contribution in [0.15, 0.2) is 72.8 Å². The van der Waals surface area contributed by atoms with Gasteiger partial charge in [-0.25, -0.2) is 0 Å². The maximum absolute atomic E-state index is 12.7. The fourth-order valence-corrected chi connectivity index (χ4v) is 4.21. The van der Waals surface area contributed by atoms with E-state index in [9.17, 15) is 4.79 Å². The summed E-state index contributed by atoms with van der Waals surface area (Å²) < 4.78 is 10.6. The lowest BCUT2D eigenvalue weighted by Gasteiger charge is -2.33. The number of piperidine rings is 1. The number of ether oxygens (including phenoxy) is 2. The summed E-state index contributed by atoms with van der Waals surface area (Å²) in [4.78, 5) is 15.1. The predicted molar refractivity (Wildman–Crippen MR) is 127 cm³/mol. The molecule has 1 heterocycles. The number of rotatable bonds is 7. The van der Waals surface area contributed by atoms with E-state index in [1.807, 2.05) is 30.3 Å². The molecule has 1 N–H and O–H groups in total. The zero-order valence-electron chi connectivity index (χ0n) is 18.7. The van der Waals surface area contributed by atoms with Crippen molar-refractivity contribution >= 4 is 5.91 Å². The Morgan fingerprint density at radius 3 is 2.41 bits per heavy atom. The van der Waals surface area contributed by atoms with Crippen LogP contribution in [0.1, 0.15) is 28.8 Å². The molecule has 1 fully saturated rings. The molecule has 0 spiro atoms. The van der Waals surface area contributed by atoms with Gasteiger partial charge in [-0.05, 0) is 66.4 Å². The third kappa shape index (κ3) is 5.48.